The minimum absolute atomic E-state index is 0.0237. The molecule has 0 radical (unpaired) electrons. The Hall–Kier alpha value is -2.68. The first kappa shape index (κ1) is 26.9. The van der Waals surface area contributed by atoms with Gasteiger partial charge in [0.1, 0.15) is 18.4 Å². The number of hydrogen-bond acceptors (Lipinski definition) is 4. The molecule has 0 fully saturated rings. The molecule has 1 aromatic rings. The second kappa shape index (κ2) is 10.5. The van der Waals surface area contributed by atoms with Crippen molar-refractivity contribution in [2.24, 2.45) is 11.3 Å². The van der Waals surface area contributed by atoms with Gasteiger partial charge in [0.15, 0.2) is 0 Å². The number of fused-ring (bicyclic) bond motifs is 1. The Morgan fingerprint density at radius 2 is 1.83 bits per heavy atom. The molecule has 1 heterocycles. The van der Waals surface area contributed by atoms with E-state index in [9.17, 15) is 27.9 Å². The first-order chi connectivity index (χ1) is 16.4. The zero-order valence-electron chi connectivity index (χ0n) is 20.1. The van der Waals surface area contributed by atoms with Crippen LogP contribution in [-0.4, -0.2) is 28.3 Å². The van der Waals surface area contributed by atoms with Gasteiger partial charge >= 0.3 is 12.1 Å². The summed E-state index contributed by atoms with van der Waals surface area (Å²) >= 11 is 1.67. The van der Waals surface area contributed by atoms with Crippen molar-refractivity contribution in [2.75, 3.05) is 0 Å². The van der Waals surface area contributed by atoms with E-state index in [4.69, 9.17) is 4.74 Å². The summed E-state index contributed by atoms with van der Waals surface area (Å²) in [6.45, 7) is 7.42. The van der Waals surface area contributed by atoms with Gasteiger partial charge in [0, 0.05) is 5.25 Å². The highest BCUT2D eigenvalue weighted by atomic mass is 32.2. The normalized spacial score (nSPS) is 20.8. The number of thioether (sulfide) groups is 1. The second-order valence-corrected chi connectivity index (χ2v) is 10.6. The summed E-state index contributed by atoms with van der Waals surface area (Å²) < 4.78 is 44.7. The lowest BCUT2D eigenvalue weighted by Gasteiger charge is -2.32. The smallest absolute Gasteiger partial charge is 0.416 e. The fourth-order valence-corrected chi connectivity index (χ4v) is 5.18. The number of nitrogens with one attached hydrogen (secondary N) is 1. The maximum absolute atomic E-state index is 13.3. The van der Waals surface area contributed by atoms with Crippen molar-refractivity contribution in [3.63, 3.8) is 0 Å². The van der Waals surface area contributed by atoms with E-state index in [-0.39, 0.29) is 23.3 Å². The molecule has 1 aromatic carbocycles. The van der Waals surface area contributed by atoms with Crippen LogP contribution in [0.3, 0.4) is 0 Å². The Balaban J connectivity index is 1.90. The third-order valence-electron chi connectivity index (χ3n) is 6.51. The van der Waals surface area contributed by atoms with E-state index in [1.807, 2.05) is 26.0 Å². The van der Waals surface area contributed by atoms with Crippen LogP contribution in [0.2, 0.25) is 0 Å². The van der Waals surface area contributed by atoms with Crippen LogP contribution in [0.25, 0.3) is 0 Å². The van der Waals surface area contributed by atoms with Crippen molar-refractivity contribution in [3.8, 4) is 0 Å². The number of halogens is 3. The van der Waals surface area contributed by atoms with Crippen molar-refractivity contribution in [3.05, 3.63) is 69.9 Å². The van der Waals surface area contributed by atoms with E-state index < -0.39 is 35.1 Å². The number of carboxylic acid groups (broad SMARTS) is 1. The molecule has 0 saturated heterocycles. The molecule has 0 bridgehead atoms. The predicted octanol–water partition coefficient (Wildman–Crippen LogP) is 6.08. The van der Waals surface area contributed by atoms with Gasteiger partial charge in [-0.1, -0.05) is 52.0 Å². The molecule has 190 valence electrons. The molecule has 2 N–H and O–H groups in total. The highest BCUT2D eigenvalue weighted by Crippen LogP contribution is 2.46. The number of allylic oxidation sites excluding steroid dienone is 2. The molecule has 5 nitrogen and oxygen atoms in total. The predicted molar refractivity (Wildman–Crippen MR) is 129 cm³/mol. The van der Waals surface area contributed by atoms with Crippen LogP contribution in [0.5, 0.6) is 0 Å². The Bertz CT molecular complexity index is 1060. The Kier molecular flexibility index (Phi) is 8.09. The van der Waals surface area contributed by atoms with Crippen LogP contribution in [0, 0.1) is 11.3 Å². The minimum atomic E-state index is -4.43. The van der Waals surface area contributed by atoms with Crippen LogP contribution in [0.4, 0.5) is 13.2 Å². The van der Waals surface area contributed by atoms with Gasteiger partial charge < -0.3 is 15.2 Å². The van der Waals surface area contributed by atoms with Gasteiger partial charge in [-0.05, 0) is 46.9 Å². The van der Waals surface area contributed by atoms with Crippen LogP contribution in [-0.2, 0) is 27.1 Å². The number of amides is 1. The van der Waals surface area contributed by atoms with Crippen molar-refractivity contribution in [2.45, 2.75) is 64.6 Å². The Morgan fingerprint density at radius 1 is 1.17 bits per heavy atom. The molecule has 0 aromatic heterocycles. The van der Waals surface area contributed by atoms with Crippen molar-refractivity contribution < 1.29 is 32.6 Å². The summed E-state index contributed by atoms with van der Waals surface area (Å²) in [6, 6.07) is 3.58. The summed E-state index contributed by atoms with van der Waals surface area (Å²) in [4.78, 5) is 26.3. The SMILES string of the molecule is CCC1=CC2C(OCc3ccc(C(F)(F)F)cc3)=C(C(=O)N[C@H](C(=O)O)C(C)(C)CC)C=CC2S1. The summed E-state index contributed by atoms with van der Waals surface area (Å²) in [7, 11) is 0. The quantitative estimate of drug-likeness (QED) is 0.422. The summed E-state index contributed by atoms with van der Waals surface area (Å²) in [5, 5.41) is 12.4. The number of alkyl halides is 3. The average Bonchev–Trinajstić information content (AvgIpc) is 3.24. The molecule has 3 atom stereocenters. The zero-order valence-corrected chi connectivity index (χ0v) is 20.9. The molecule has 1 aliphatic heterocycles. The number of hydrogen-bond donors (Lipinski definition) is 2. The van der Waals surface area contributed by atoms with Gasteiger partial charge in [-0.3, -0.25) is 4.79 Å². The van der Waals surface area contributed by atoms with E-state index in [1.165, 1.54) is 12.1 Å². The molecule has 3 rings (SSSR count). The fraction of sp³-hybridized carbons (Fsp3) is 0.462. The van der Waals surface area contributed by atoms with E-state index in [0.29, 0.717) is 17.7 Å². The molecular formula is C26H30F3NO4S. The fourth-order valence-electron chi connectivity index (χ4n) is 3.94. The van der Waals surface area contributed by atoms with E-state index >= 15 is 0 Å². The molecule has 1 amide bonds. The van der Waals surface area contributed by atoms with Gasteiger partial charge in [0.2, 0.25) is 0 Å². The number of rotatable bonds is 9. The zero-order chi connectivity index (χ0) is 26.0. The molecule has 2 aliphatic rings. The topological polar surface area (TPSA) is 75.6 Å². The van der Waals surface area contributed by atoms with Gasteiger partial charge in [-0.25, -0.2) is 4.79 Å². The lowest BCUT2D eigenvalue weighted by Crippen LogP contribution is -2.50. The molecule has 2 unspecified atom stereocenters. The highest BCUT2D eigenvalue weighted by Gasteiger charge is 2.39. The third-order valence-corrected chi connectivity index (χ3v) is 7.96. The monoisotopic (exact) mass is 509 g/mol. The highest BCUT2D eigenvalue weighted by molar-refractivity contribution is 8.04. The Labute approximate surface area is 207 Å². The maximum Gasteiger partial charge on any atom is 0.416 e. The lowest BCUT2D eigenvalue weighted by atomic mass is 9.81. The standard InChI is InChI=1S/C26H30F3NO4S/c1-5-17-13-19-20(35-17)12-11-18(23(31)30-22(24(32)33)25(3,4)6-2)21(19)34-14-15-7-9-16(10-8-15)26(27,28)29/h7-13,19-20,22H,5-6,14H2,1-4H3,(H,30,31)(H,32,33)/t19?,20?,22-/m1/s1. The van der Waals surface area contributed by atoms with Crippen molar-refractivity contribution >= 4 is 23.6 Å². The van der Waals surface area contributed by atoms with Gasteiger partial charge in [-0.15, -0.1) is 11.8 Å². The first-order valence-corrected chi connectivity index (χ1v) is 12.4. The number of aliphatic carboxylic acids is 1. The van der Waals surface area contributed by atoms with Gasteiger partial charge in [-0.2, -0.15) is 13.2 Å². The molecule has 0 saturated carbocycles. The third kappa shape index (κ3) is 6.12. The lowest BCUT2D eigenvalue weighted by molar-refractivity contribution is -0.144. The van der Waals surface area contributed by atoms with E-state index in [0.717, 1.165) is 23.5 Å². The summed E-state index contributed by atoms with van der Waals surface area (Å²) in [6.07, 6.45) is 2.54. The van der Waals surface area contributed by atoms with E-state index in [1.54, 1.807) is 31.7 Å². The van der Waals surface area contributed by atoms with Crippen molar-refractivity contribution in [1.82, 2.24) is 5.32 Å². The summed E-state index contributed by atoms with van der Waals surface area (Å²) in [5.41, 5.74) is -0.673. The number of carbonyl (C=O) groups is 2. The first-order valence-electron chi connectivity index (χ1n) is 11.5. The number of ether oxygens (including phenoxy) is 1. The van der Waals surface area contributed by atoms with Gasteiger partial charge in [0.25, 0.3) is 5.91 Å². The van der Waals surface area contributed by atoms with Gasteiger partial charge in [0.05, 0.1) is 17.1 Å². The summed E-state index contributed by atoms with van der Waals surface area (Å²) in [5.74, 6) is -1.51. The second-order valence-electron chi connectivity index (χ2n) is 9.30. The number of benzene rings is 1. The van der Waals surface area contributed by atoms with Crippen LogP contribution in [0.15, 0.2) is 58.7 Å². The van der Waals surface area contributed by atoms with Crippen LogP contribution >= 0.6 is 11.8 Å². The molecule has 9 heteroatoms. The number of carbonyl (C=O) groups excluding carboxylic acids is 1. The minimum Gasteiger partial charge on any atom is -0.492 e. The number of carboxylic acids is 1. The Morgan fingerprint density at radius 3 is 2.37 bits per heavy atom. The maximum atomic E-state index is 13.3. The van der Waals surface area contributed by atoms with Crippen LogP contribution < -0.4 is 5.32 Å². The van der Waals surface area contributed by atoms with Crippen LogP contribution in [0.1, 0.15) is 51.7 Å². The van der Waals surface area contributed by atoms with Crippen molar-refractivity contribution in [1.29, 1.82) is 0 Å². The largest absolute Gasteiger partial charge is 0.492 e. The molecule has 1 aliphatic carbocycles. The molecule has 0 spiro atoms. The van der Waals surface area contributed by atoms with E-state index in [2.05, 4.69) is 5.32 Å². The molecular weight excluding hydrogens is 479 g/mol. The average molecular weight is 510 g/mol. The molecule has 35 heavy (non-hydrogen) atoms.